The minimum absolute atomic E-state index is 0.780. The highest BCUT2D eigenvalue weighted by atomic mass is 15.1. The third-order valence-electron chi connectivity index (χ3n) is 3.39. The van der Waals surface area contributed by atoms with Crippen LogP contribution >= 0.6 is 0 Å². The highest BCUT2D eigenvalue weighted by Crippen LogP contribution is 2.17. The van der Waals surface area contributed by atoms with E-state index in [1.165, 1.54) is 25.2 Å². The van der Waals surface area contributed by atoms with Crippen molar-refractivity contribution in [3.05, 3.63) is 30.1 Å². The fraction of sp³-hybridized carbons (Fsp3) is 0.615. The Balaban J connectivity index is 1.77. The average molecular weight is 219 g/mol. The molecule has 1 fully saturated rings. The first-order valence-corrected chi connectivity index (χ1v) is 6.04. The normalized spacial score (nSPS) is 18.4. The van der Waals surface area contributed by atoms with Gasteiger partial charge >= 0.3 is 0 Å². The zero-order valence-corrected chi connectivity index (χ0v) is 10.2. The van der Waals surface area contributed by atoms with Crippen LogP contribution in [-0.2, 0) is 6.54 Å². The molecule has 1 aromatic rings. The molecule has 0 spiro atoms. The van der Waals surface area contributed by atoms with Gasteiger partial charge in [0, 0.05) is 25.5 Å². The van der Waals surface area contributed by atoms with Crippen molar-refractivity contribution >= 4 is 0 Å². The quantitative estimate of drug-likeness (QED) is 0.810. The summed E-state index contributed by atoms with van der Waals surface area (Å²) in [5.41, 5.74) is 1.30. The van der Waals surface area contributed by atoms with Crippen LogP contribution < -0.4 is 5.32 Å². The zero-order chi connectivity index (χ0) is 11.4. The number of aromatic nitrogens is 1. The van der Waals surface area contributed by atoms with Crippen molar-refractivity contribution in [1.82, 2.24) is 15.2 Å². The molecule has 0 aliphatic carbocycles. The summed E-state index contributed by atoms with van der Waals surface area (Å²) >= 11 is 0. The van der Waals surface area contributed by atoms with Crippen molar-refractivity contribution in [3.63, 3.8) is 0 Å². The number of nitrogens with zero attached hydrogens (tertiary/aromatic N) is 2. The molecule has 2 rings (SSSR count). The Hall–Kier alpha value is -0.930. The lowest BCUT2D eigenvalue weighted by Gasteiger charge is -2.34. The van der Waals surface area contributed by atoms with Crippen molar-refractivity contribution in [2.24, 2.45) is 11.8 Å². The second-order valence-corrected chi connectivity index (χ2v) is 4.95. The number of hydrogen-bond donors (Lipinski definition) is 1. The van der Waals surface area contributed by atoms with Gasteiger partial charge in [0.05, 0.1) is 0 Å². The molecule has 1 aromatic heterocycles. The van der Waals surface area contributed by atoms with Crippen LogP contribution in [0.3, 0.4) is 0 Å². The second-order valence-electron chi connectivity index (χ2n) is 4.95. The second kappa shape index (κ2) is 5.41. The summed E-state index contributed by atoms with van der Waals surface area (Å²) in [7, 11) is 2.19. The Morgan fingerprint density at radius 1 is 1.56 bits per heavy atom. The topological polar surface area (TPSA) is 28.2 Å². The first kappa shape index (κ1) is 11.6. The standard InChI is InChI=1S/C13H21N3/c1-11(13-7-15-8-13)9-16(2)10-12-4-3-5-14-6-12/h3-6,11,13,15H,7-10H2,1-2H3. The largest absolute Gasteiger partial charge is 0.316 e. The maximum absolute atomic E-state index is 4.14. The van der Waals surface area contributed by atoms with Crippen LogP contribution in [0.4, 0.5) is 0 Å². The van der Waals surface area contributed by atoms with Gasteiger partial charge in [-0.05, 0) is 43.6 Å². The van der Waals surface area contributed by atoms with E-state index in [1.807, 2.05) is 18.5 Å². The number of hydrogen-bond acceptors (Lipinski definition) is 3. The van der Waals surface area contributed by atoms with Gasteiger partial charge in [-0.15, -0.1) is 0 Å². The molecule has 0 amide bonds. The van der Waals surface area contributed by atoms with E-state index in [2.05, 4.69) is 35.2 Å². The molecule has 1 unspecified atom stereocenters. The summed E-state index contributed by atoms with van der Waals surface area (Å²) in [6.07, 6.45) is 3.78. The molecule has 0 radical (unpaired) electrons. The van der Waals surface area contributed by atoms with Crippen molar-refractivity contribution < 1.29 is 0 Å². The van der Waals surface area contributed by atoms with Crippen LogP contribution in [0.25, 0.3) is 0 Å². The maximum Gasteiger partial charge on any atom is 0.0312 e. The molecule has 3 heteroatoms. The molecule has 0 aromatic carbocycles. The average Bonchev–Trinajstić information content (AvgIpc) is 2.15. The SMILES string of the molecule is CC(CN(C)Cc1cccnc1)C1CNC1. The maximum atomic E-state index is 4.14. The van der Waals surface area contributed by atoms with Gasteiger partial charge in [0.2, 0.25) is 0 Å². The number of rotatable bonds is 5. The molecule has 2 heterocycles. The van der Waals surface area contributed by atoms with Crippen LogP contribution in [0, 0.1) is 11.8 Å². The molecule has 88 valence electrons. The van der Waals surface area contributed by atoms with E-state index in [0.717, 1.165) is 18.4 Å². The lowest BCUT2D eigenvalue weighted by molar-refractivity contribution is 0.182. The van der Waals surface area contributed by atoms with Crippen LogP contribution in [0.1, 0.15) is 12.5 Å². The van der Waals surface area contributed by atoms with Crippen LogP contribution in [-0.4, -0.2) is 36.6 Å². The van der Waals surface area contributed by atoms with Crippen molar-refractivity contribution in [3.8, 4) is 0 Å². The van der Waals surface area contributed by atoms with E-state index in [9.17, 15) is 0 Å². The molecule has 1 aliphatic rings. The lowest BCUT2D eigenvalue weighted by atomic mass is 9.88. The summed E-state index contributed by atoms with van der Waals surface area (Å²) < 4.78 is 0. The Morgan fingerprint density at radius 2 is 2.38 bits per heavy atom. The first-order valence-electron chi connectivity index (χ1n) is 6.04. The minimum atomic E-state index is 0.780. The van der Waals surface area contributed by atoms with E-state index in [1.54, 1.807) is 0 Å². The highest BCUT2D eigenvalue weighted by Gasteiger charge is 2.24. The van der Waals surface area contributed by atoms with Gasteiger partial charge in [-0.25, -0.2) is 0 Å². The van der Waals surface area contributed by atoms with Crippen molar-refractivity contribution in [2.45, 2.75) is 13.5 Å². The lowest BCUT2D eigenvalue weighted by Crippen LogP contribution is -2.47. The van der Waals surface area contributed by atoms with E-state index < -0.39 is 0 Å². The predicted molar refractivity (Wildman–Crippen MR) is 66.1 cm³/mol. The molecular weight excluding hydrogens is 198 g/mol. The summed E-state index contributed by atoms with van der Waals surface area (Å²) in [5.74, 6) is 1.65. The van der Waals surface area contributed by atoms with E-state index in [4.69, 9.17) is 0 Å². The molecule has 0 saturated carbocycles. The molecular formula is C13H21N3. The monoisotopic (exact) mass is 219 g/mol. The van der Waals surface area contributed by atoms with E-state index in [0.29, 0.717) is 0 Å². The molecule has 1 atom stereocenters. The first-order chi connectivity index (χ1) is 7.75. The molecule has 3 nitrogen and oxygen atoms in total. The summed E-state index contributed by atoms with van der Waals surface area (Å²) in [4.78, 5) is 6.53. The fourth-order valence-electron chi connectivity index (χ4n) is 2.22. The minimum Gasteiger partial charge on any atom is -0.316 e. The molecule has 16 heavy (non-hydrogen) atoms. The van der Waals surface area contributed by atoms with Gasteiger partial charge in [0.25, 0.3) is 0 Å². The summed E-state index contributed by atoms with van der Waals surface area (Å²) in [6, 6.07) is 4.14. The Morgan fingerprint density at radius 3 is 2.94 bits per heavy atom. The van der Waals surface area contributed by atoms with Crippen LogP contribution in [0.15, 0.2) is 24.5 Å². The summed E-state index contributed by atoms with van der Waals surface area (Å²) in [6.45, 7) is 6.91. The number of pyridine rings is 1. The zero-order valence-electron chi connectivity index (χ0n) is 10.2. The van der Waals surface area contributed by atoms with E-state index in [-0.39, 0.29) is 0 Å². The Kier molecular flexibility index (Phi) is 3.91. The number of nitrogens with one attached hydrogen (secondary N) is 1. The molecule has 1 aliphatic heterocycles. The fourth-order valence-corrected chi connectivity index (χ4v) is 2.22. The van der Waals surface area contributed by atoms with Crippen LogP contribution in [0.2, 0.25) is 0 Å². The van der Waals surface area contributed by atoms with E-state index >= 15 is 0 Å². The van der Waals surface area contributed by atoms with Gasteiger partial charge in [0.1, 0.15) is 0 Å². The smallest absolute Gasteiger partial charge is 0.0312 e. The Labute approximate surface area is 97.9 Å². The highest BCUT2D eigenvalue weighted by molar-refractivity contribution is 5.07. The van der Waals surface area contributed by atoms with Gasteiger partial charge in [-0.3, -0.25) is 4.98 Å². The van der Waals surface area contributed by atoms with Crippen LogP contribution in [0.5, 0.6) is 0 Å². The third kappa shape index (κ3) is 3.03. The van der Waals surface area contributed by atoms with Gasteiger partial charge < -0.3 is 10.2 Å². The van der Waals surface area contributed by atoms with Gasteiger partial charge in [0.15, 0.2) is 0 Å². The summed E-state index contributed by atoms with van der Waals surface area (Å²) in [5, 5.41) is 3.34. The van der Waals surface area contributed by atoms with Gasteiger partial charge in [-0.1, -0.05) is 13.0 Å². The molecule has 1 saturated heterocycles. The Bertz CT molecular complexity index is 308. The molecule has 0 bridgehead atoms. The van der Waals surface area contributed by atoms with Crippen molar-refractivity contribution in [2.75, 3.05) is 26.7 Å². The molecule has 1 N–H and O–H groups in total. The third-order valence-corrected chi connectivity index (χ3v) is 3.39. The predicted octanol–water partition coefficient (Wildman–Crippen LogP) is 1.37. The van der Waals surface area contributed by atoms with Gasteiger partial charge in [-0.2, -0.15) is 0 Å². The van der Waals surface area contributed by atoms with Crippen molar-refractivity contribution in [1.29, 1.82) is 0 Å².